The van der Waals surface area contributed by atoms with Crippen molar-refractivity contribution in [2.24, 2.45) is 0 Å². The van der Waals surface area contributed by atoms with Crippen LogP contribution in [0.3, 0.4) is 0 Å². The molecule has 0 heterocycles. The van der Waals surface area contributed by atoms with E-state index in [4.69, 9.17) is 5.11 Å². The van der Waals surface area contributed by atoms with Gasteiger partial charge in [0.15, 0.2) is 0 Å². The molecule has 5 nitrogen and oxygen atoms in total. The normalized spacial score (nSPS) is 11.2. The number of hydrogen-bond acceptors (Lipinski definition) is 3. The third-order valence-electron chi connectivity index (χ3n) is 1.92. The van der Waals surface area contributed by atoms with Crippen LogP contribution < -0.4 is 0 Å². The van der Waals surface area contributed by atoms with Crippen LogP contribution >= 0.6 is 0 Å². The molecule has 0 aromatic carbocycles. The summed E-state index contributed by atoms with van der Waals surface area (Å²) in [5, 5.41) is 18.8. The van der Waals surface area contributed by atoms with Crippen LogP contribution in [0.15, 0.2) is 0 Å². The molecular formula is C8H15NO4. The zero-order chi connectivity index (χ0) is 10.5. The van der Waals surface area contributed by atoms with Crippen LogP contribution in [0, 0.1) is 10.1 Å². The Bertz CT molecular complexity index is 200. The zero-order valence-corrected chi connectivity index (χ0v) is 7.95. The Kier molecular flexibility index (Phi) is 4.37. The molecule has 0 saturated heterocycles. The van der Waals surface area contributed by atoms with Crippen LogP contribution in [-0.4, -0.2) is 21.5 Å². The molecule has 0 aromatic rings. The quantitative estimate of drug-likeness (QED) is 0.391. The van der Waals surface area contributed by atoms with Crippen LogP contribution in [0.2, 0.25) is 0 Å². The molecule has 76 valence electrons. The first-order valence-electron chi connectivity index (χ1n) is 4.22. The fourth-order valence-corrected chi connectivity index (χ4v) is 0.925. The summed E-state index contributed by atoms with van der Waals surface area (Å²) in [6.45, 7) is 3.10. The third kappa shape index (κ3) is 5.16. The second kappa shape index (κ2) is 4.79. The Labute approximate surface area is 76.9 Å². The number of aliphatic carboxylic acids is 1. The first-order valence-corrected chi connectivity index (χ1v) is 4.22. The van der Waals surface area contributed by atoms with Crippen molar-refractivity contribution in [1.29, 1.82) is 0 Å². The fraction of sp³-hybridized carbons (Fsp3) is 0.875. The molecule has 13 heavy (non-hydrogen) atoms. The highest BCUT2D eigenvalue weighted by Crippen LogP contribution is 2.17. The molecule has 0 spiro atoms. The summed E-state index contributed by atoms with van der Waals surface area (Å²) < 4.78 is 0. The van der Waals surface area contributed by atoms with Gasteiger partial charge in [-0.25, -0.2) is 0 Å². The van der Waals surface area contributed by atoms with Crippen molar-refractivity contribution in [3.63, 3.8) is 0 Å². The molecule has 0 atom stereocenters. The van der Waals surface area contributed by atoms with Crippen molar-refractivity contribution in [1.82, 2.24) is 0 Å². The second-order valence-corrected chi connectivity index (χ2v) is 3.67. The van der Waals surface area contributed by atoms with Gasteiger partial charge in [-0.2, -0.15) is 0 Å². The van der Waals surface area contributed by atoms with Gasteiger partial charge in [0.1, 0.15) is 0 Å². The molecule has 0 fully saturated rings. The smallest absolute Gasteiger partial charge is 0.303 e. The lowest BCUT2D eigenvalue weighted by molar-refractivity contribution is -0.561. The zero-order valence-electron chi connectivity index (χ0n) is 7.95. The lowest BCUT2D eigenvalue weighted by Gasteiger charge is -2.14. The fourth-order valence-electron chi connectivity index (χ4n) is 0.925. The standard InChI is InChI=1S/C8H15NO4/c1-8(2,9(12)13)6-4-3-5-7(10)11/h3-6H2,1-2H3,(H,10,11). The summed E-state index contributed by atoms with van der Waals surface area (Å²) in [5.74, 6) is -0.848. The molecule has 0 aliphatic heterocycles. The first kappa shape index (κ1) is 11.9. The SMILES string of the molecule is CC(C)(CCCCC(=O)O)[N+](=O)[O-]. The van der Waals surface area contributed by atoms with Gasteiger partial charge in [0.2, 0.25) is 5.54 Å². The molecule has 0 saturated carbocycles. The Morgan fingerprint density at radius 3 is 2.38 bits per heavy atom. The van der Waals surface area contributed by atoms with Gasteiger partial charge in [0.25, 0.3) is 0 Å². The van der Waals surface area contributed by atoms with Gasteiger partial charge in [-0.3, -0.25) is 14.9 Å². The van der Waals surface area contributed by atoms with Gasteiger partial charge in [0.05, 0.1) is 0 Å². The van der Waals surface area contributed by atoms with Gasteiger partial charge in [-0.05, 0) is 12.8 Å². The molecule has 0 radical (unpaired) electrons. The molecule has 0 aliphatic carbocycles. The van der Waals surface area contributed by atoms with Gasteiger partial charge < -0.3 is 5.11 Å². The highest BCUT2D eigenvalue weighted by atomic mass is 16.6. The van der Waals surface area contributed by atoms with E-state index in [2.05, 4.69) is 0 Å². The maximum atomic E-state index is 10.4. The Hall–Kier alpha value is -1.13. The number of carbonyl (C=O) groups is 1. The van der Waals surface area contributed by atoms with Crippen LogP contribution in [0.4, 0.5) is 0 Å². The van der Waals surface area contributed by atoms with Crippen molar-refractivity contribution >= 4 is 5.97 Å². The first-order chi connectivity index (χ1) is 5.86. The Balaban J connectivity index is 3.64. The van der Waals surface area contributed by atoms with E-state index in [1.807, 2.05) is 0 Å². The predicted octanol–water partition coefficient (Wildman–Crippen LogP) is 1.69. The van der Waals surface area contributed by atoms with Crippen molar-refractivity contribution < 1.29 is 14.8 Å². The molecular weight excluding hydrogens is 174 g/mol. The second-order valence-electron chi connectivity index (χ2n) is 3.67. The predicted molar refractivity (Wildman–Crippen MR) is 47.2 cm³/mol. The molecule has 5 heteroatoms. The molecule has 0 unspecified atom stereocenters. The van der Waals surface area contributed by atoms with Gasteiger partial charge in [-0.15, -0.1) is 0 Å². The van der Waals surface area contributed by atoms with Crippen molar-refractivity contribution in [2.75, 3.05) is 0 Å². The summed E-state index contributed by atoms with van der Waals surface area (Å²) in [5.41, 5.74) is -0.932. The summed E-state index contributed by atoms with van der Waals surface area (Å²) in [6.07, 6.45) is 1.61. The van der Waals surface area contributed by atoms with E-state index >= 15 is 0 Å². The topological polar surface area (TPSA) is 80.4 Å². The van der Waals surface area contributed by atoms with Gasteiger partial charge in [0, 0.05) is 31.6 Å². The van der Waals surface area contributed by atoms with E-state index in [-0.39, 0.29) is 11.3 Å². The Morgan fingerprint density at radius 1 is 1.46 bits per heavy atom. The van der Waals surface area contributed by atoms with Crippen molar-refractivity contribution in [2.45, 2.75) is 45.1 Å². The summed E-state index contributed by atoms with van der Waals surface area (Å²) in [7, 11) is 0. The molecule has 1 N–H and O–H groups in total. The van der Waals surface area contributed by atoms with Crippen LogP contribution in [0.5, 0.6) is 0 Å². The molecule has 0 bridgehead atoms. The minimum Gasteiger partial charge on any atom is -0.481 e. The van der Waals surface area contributed by atoms with Crippen LogP contribution in [0.1, 0.15) is 39.5 Å². The summed E-state index contributed by atoms with van der Waals surface area (Å²) in [6, 6.07) is 0. The van der Waals surface area contributed by atoms with Crippen LogP contribution in [-0.2, 0) is 4.79 Å². The number of nitrogens with zero attached hydrogens (tertiary/aromatic N) is 1. The van der Waals surface area contributed by atoms with E-state index in [9.17, 15) is 14.9 Å². The summed E-state index contributed by atoms with van der Waals surface area (Å²) in [4.78, 5) is 20.2. The van der Waals surface area contributed by atoms with E-state index < -0.39 is 11.5 Å². The number of unbranched alkanes of at least 4 members (excludes halogenated alkanes) is 1. The number of hydrogen-bond donors (Lipinski definition) is 1. The highest BCUT2D eigenvalue weighted by molar-refractivity contribution is 5.66. The van der Waals surface area contributed by atoms with Crippen molar-refractivity contribution in [3.8, 4) is 0 Å². The molecule has 0 rings (SSSR count). The number of carboxylic acid groups (broad SMARTS) is 1. The monoisotopic (exact) mass is 189 g/mol. The van der Waals surface area contributed by atoms with E-state index in [0.29, 0.717) is 19.3 Å². The highest BCUT2D eigenvalue weighted by Gasteiger charge is 2.29. The minimum absolute atomic E-state index is 0.0911. The average Bonchev–Trinajstić information content (AvgIpc) is 1.97. The molecule has 0 amide bonds. The molecule has 0 aromatic heterocycles. The summed E-state index contributed by atoms with van der Waals surface area (Å²) >= 11 is 0. The van der Waals surface area contributed by atoms with Crippen LogP contribution in [0.25, 0.3) is 0 Å². The Morgan fingerprint density at radius 2 is 2.00 bits per heavy atom. The lowest BCUT2D eigenvalue weighted by Crippen LogP contribution is -2.30. The van der Waals surface area contributed by atoms with Gasteiger partial charge in [-0.1, -0.05) is 0 Å². The van der Waals surface area contributed by atoms with E-state index in [1.54, 1.807) is 13.8 Å². The maximum Gasteiger partial charge on any atom is 0.303 e. The maximum absolute atomic E-state index is 10.4. The number of carboxylic acids is 1. The number of nitro groups is 1. The van der Waals surface area contributed by atoms with Crippen molar-refractivity contribution in [3.05, 3.63) is 10.1 Å². The minimum atomic E-state index is -0.932. The number of rotatable bonds is 6. The lowest BCUT2D eigenvalue weighted by atomic mass is 9.98. The molecule has 0 aliphatic rings. The third-order valence-corrected chi connectivity index (χ3v) is 1.92. The van der Waals surface area contributed by atoms with E-state index in [1.165, 1.54) is 0 Å². The average molecular weight is 189 g/mol. The van der Waals surface area contributed by atoms with E-state index in [0.717, 1.165) is 0 Å². The van der Waals surface area contributed by atoms with Gasteiger partial charge >= 0.3 is 5.97 Å². The largest absolute Gasteiger partial charge is 0.481 e.